The molecule has 0 spiro atoms. The van der Waals surface area contributed by atoms with Gasteiger partial charge in [0.2, 0.25) is 5.91 Å². The molecule has 0 bridgehead atoms. The van der Waals surface area contributed by atoms with Gasteiger partial charge in [-0.3, -0.25) is 9.59 Å². The SMILES string of the molecule is CCC(C)[C@H](N)C(=O)NC1CCCC1C(=O)O. The average molecular weight is 242 g/mol. The highest BCUT2D eigenvalue weighted by atomic mass is 16.4. The first-order valence-electron chi connectivity index (χ1n) is 6.26. The van der Waals surface area contributed by atoms with Gasteiger partial charge in [0.1, 0.15) is 0 Å². The van der Waals surface area contributed by atoms with Crippen molar-refractivity contribution in [3.8, 4) is 0 Å². The largest absolute Gasteiger partial charge is 0.481 e. The molecule has 3 unspecified atom stereocenters. The maximum absolute atomic E-state index is 11.8. The minimum atomic E-state index is -0.829. The van der Waals surface area contributed by atoms with Gasteiger partial charge in [0.15, 0.2) is 0 Å². The second kappa shape index (κ2) is 6.00. The number of aliphatic carboxylic acids is 1. The maximum Gasteiger partial charge on any atom is 0.308 e. The Morgan fingerprint density at radius 1 is 1.47 bits per heavy atom. The molecule has 0 radical (unpaired) electrons. The highest BCUT2D eigenvalue weighted by Gasteiger charge is 2.35. The Balaban J connectivity index is 2.53. The van der Waals surface area contributed by atoms with E-state index in [2.05, 4.69) is 5.32 Å². The fourth-order valence-corrected chi connectivity index (χ4v) is 2.22. The molecule has 5 nitrogen and oxygen atoms in total. The molecule has 0 aromatic heterocycles. The van der Waals surface area contributed by atoms with E-state index in [1.807, 2.05) is 13.8 Å². The molecule has 98 valence electrons. The molecule has 4 N–H and O–H groups in total. The van der Waals surface area contributed by atoms with E-state index >= 15 is 0 Å². The van der Waals surface area contributed by atoms with Crippen LogP contribution in [0.15, 0.2) is 0 Å². The van der Waals surface area contributed by atoms with Crippen molar-refractivity contribution in [2.24, 2.45) is 17.6 Å². The Kier molecular flexibility index (Phi) is 4.93. The molecule has 0 aromatic carbocycles. The van der Waals surface area contributed by atoms with Gasteiger partial charge < -0.3 is 16.2 Å². The van der Waals surface area contributed by atoms with Crippen molar-refractivity contribution in [1.82, 2.24) is 5.32 Å². The van der Waals surface area contributed by atoms with Gasteiger partial charge in [0.25, 0.3) is 0 Å². The van der Waals surface area contributed by atoms with E-state index in [9.17, 15) is 9.59 Å². The van der Waals surface area contributed by atoms with Crippen LogP contribution in [0.3, 0.4) is 0 Å². The topological polar surface area (TPSA) is 92.4 Å². The van der Waals surface area contributed by atoms with Crippen LogP contribution in [0.2, 0.25) is 0 Å². The van der Waals surface area contributed by atoms with Crippen LogP contribution in [0, 0.1) is 11.8 Å². The highest BCUT2D eigenvalue weighted by molar-refractivity contribution is 5.83. The summed E-state index contributed by atoms with van der Waals surface area (Å²) in [5.74, 6) is -1.40. The summed E-state index contributed by atoms with van der Waals surface area (Å²) in [6.07, 6.45) is 3.05. The standard InChI is InChI=1S/C12H22N2O3/c1-3-7(2)10(13)11(15)14-9-6-4-5-8(9)12(16)17/h7-10H,3-6,13H2,1-2H3,(H,14,15)(H,16,17)/t7?,8?,9?,10-/m0/s1. The van der Waals surface area contributed by atoms with Gasteiger partial charge in [0.05, 0.1) is 12.0 Å². The number of nitrogens with one attached hydrogen (secondary N) is 1. The minimum Gasteiger partial charge on any atom is -0.481 e. The van der Waals surface area contributed by atoms with Crippen LogP contribution in [-0.4, -0.2) is 29.1 Å². The van der Waals surface area contributed by atoms with Crippen molar-refractivity contribution in [2.75, 3.05) is 0 Å². The Hall–Kier alpha value is -1.10. The Morgan fingerprint density at radius 3 is 2.65 bits per heavy atom. The van der Waals surface area contributed by atoms with Crippen LogP contribution in [0.4, 0.5) is 0 Å². The van der Waals surface area contributed by atoms with Crippen molar-refractivity contribution >= 4 is 11.9 Å². The summed E-state index contributed by atoms with van der Waals surface area (Å²) in [5.41, 5.74) is 5.81. The zero-order valence-corrected chi connectivity index (χ0v) is 10.5. The van der Waals surface area contributed by atoms with Gasteiger partial charge in [-0.15, -0.1) is 0 Å². The first-order valence-corrected chi connectivity index (χ1v) is 6.26. The Morgan fingerprint density at radius 2 is 2.12 bits per heavy atom. The van der Waals surface area contributed by atoms with Crippen LogP contribution in [-0.2, 0) is 9.59 Å². The fraction of sp³-hybridized carbons (Fsp3) is 0.833. The van der Waals surface area contributed by atoms with Gasteiger partial charge in [-0.05, 0) is 18.8 Å². The quantitative estimate of drug-likeness (QED) is 0.662. The van der Waals surface area contributed by atoms with Gasteiger partial charge in [-0.25, -0.2) is 0 Å². The number of carboxylic acids is 1. The molecule has 1 fully saturated rings. The lowest BCUT2D eigenvalue weighted by atomic mass is 9.98. The monoisotopic (exact) mass is 242 g/mol. The smallest absolute Gasteiger partial charge is 0.308 e. The van der Waals surface area contributed by atoms with E-state index in [0.717, 1.165) is 19.3 Å². The van der Waals surface area contributed by atoms with E-state index in [1.165, 1.54) is 0 Å². The summed E-state index contributed by atoms with van der Waals surface area (Å²) >= 11 is 0. The lowest BCUT2D eigenvalue weighted by Gasteiger charge is -2.22. The Labute approximate surface area is 102 Å². The fourth-order valence-electron chi connectivity index (χ4n) is 2.22. The molecule has 0 aliphatic heterocycles. The number of nitrogens with two attached hydrogens (primary N) is 1. The lowest BCUT2D eigenvalue weighted by molar-refractivity contribution is -0.142. The molecular weight excluding hydrogens is 220 g/mol. The zero-order chi connectivity index (χ0) is 13.0. The van der Waals surface area contributed by atoms with E-state index < -0.39 is 17.9 Å². The highest BCUT2D eigenvalue weighted by Crippen LogP contribution is 2.26. The van der Waals surface area contributed by atoms with Gasteiger partial charge in [-0.1, -0.05) is 26.7 Å². The normalized spacial score (nSPS) is 27.5. The second-order valence-electron chi connectivity index (χ2n) is 4.90. The predicted octanol–water partition coefficient (Wildman–Crippen LogP) is 0.729. The van der Waals surface area contributed by atoms with Gasteiger partial charge in [-0.2, -0.15) is 0 Å². The molecule has 1 saturated carbocycles. The molecule has 1 rings (SSSR count). The molecule has 5 heteroatoms. The van der Waals surface area contributed by atoms with Crippen molar-refractivity contribution in [2.45, 2.75) is 51.6 Å². The maximum atomic E-state index is 11.8. The van der Waals surface area contributed by atoms with E-state index in [-0.39, 0.29) is 17.9 Å². The van der Waals surface area contributed by atoms with E-state index in [1.54, 1.807) is 0 Å². The number of carboxylic acid groups (broad SMARTS) is 1. The number of hydrogen-bond acceptors (Lipinski definition) is 3. The molecule has 0 aromatic rings. The number of carbonyl (C=O) groups excluding carboxylic acids is 1. The average Bonchev–Trinajstić information content (AvgIpc) is 2.75. The second-order valence-corrected chi connectivity index (χ2v) is 4.90. The number of carbonyl (C=O) groups is 2. The summed E-state index contributed by atoms with van der Waals surface area (Å²) in [6.45, 7) is 3.90. The molecule has 4 atom stereocenters. The third kappa shape index (κ3) is 3.43. The lowest BCUT2D eigenvalue weighted by Crippen LogP contribution is -2.50. The summed E-state index contributed by atoms with van der Waals surface area (Å²) in [4.78, 5) is 22.8. The molecule has 17 heavy (non-hydrogen) atoms. The van der Waals surface area contributed by atoms with Crippen molar-refractivity contribution < 1.29 is 14.7 Å². The van der Waals surface area contributed by atoms with Crippen LogP contribution >= 0.6 is 0 Å². The van der Waals surface area contributed by atoms with Crippen molar-refractivity contribution in [1.29, 1.82) is 0 Å². The number of hydrogen-bond donors (Lipinski definition) is 3. The number of rotatable bonds is 5. The minimum absolute atomic E-state index is 0.111. The molecule has 0 heterocycles. The Bertz CT molecular complexity index is 293. The third-order valence-electron chi connectivity index (χ3n) is 3.72. The van der Waals surface area contributed by atoms with Crippen LogP contribution in [0.5, 0.6) is 0 Å². The van der Waals surface area contributed by atoms with E-state index in [4.69, 9.17) is 10.8 Å². The first-order chi connectivity index (χ1) is 7.97. The zero-order valence-electron chi connectivity index (χ0n) is 10.5. The number of amides is 1. The first kappa shape index (κ1) is 14.0. The summed E-state index contributed by atoms with van der Waals surface area (Å²) < 4.78 is 0. The summed E-state index contributed by atoms with van der Waals surface area (Å²) in [7, 11) is 0. The molecule has 1 amide bonds. The van der Waals surface area contributed by atoms with Crippen molar-refractivity contribution in [3.05, 3.63) is 0 Å². The van der Waals surface area contributed by atoms with Crippen LogP contribution in [0.25, 0.3) is 0 Å². The van der Waals surface area contributed by atoms with E-state index in [0.29, 0.717) is 6.42 Å². The van der Waals surface area contributed by atoms with Crippen LogP contribution in [0.1, 0.15) is 39.5 Å². The van der Waals surface area contributed by atoms with Crippen LogP contribution < -0.4 is 11.1 Å². The van der Waals surface area contributed by atoms with Gasteiger partial charge in [0, 0.05) is 6.04 Å². The molecule has 1 aliphatic carbocycles. The summed E-state index contributed by atoms with van der Waals surface area (Å²) in [6, 6.07) is -0.801. The molecule has 1 aliphatic rings. The van der Waals surface area contributed by atoms with Crippen molar-refractivity contribution in [3.63, 3.8) is 0 Å². The predicted molar refractivity (Wildman–Crippen MR) is 64.3 cm³/mol. The molecule has 0 saturated heterocycles. The third-order valence-corrected chi connectivity index (χ3v) is 3.72. The molecular formula is C12H22N2O3. The van der Waals surface area contributed by atoms with Gasteiger partial charge >= 0.3 is 5.97 Å². The summed E-state index contributed by atoms with van der Waals surface area (Å²) in [5, 5.41) is 11.8.